The molecule has 0 aromatic heterocycles. The summed E-state index contributed by atoms with van der Waals surface area (Å²) in [5, 5.41) is 0.210. The van der Waals surface area contributed by atoms with Crippen LogP contribution in [-0.2, 0) is 16.1 Å². The molecule has 2 aromatic rings. The van der Waals surface area contributed by atoms with Gasteiger partial charge in [-0.25, -0.2) is 9.18 Å². The number of ether oxygens (including phenoxy) is 2. The fourth-order valence-electron chi connectivity index (χ4n) is 1.54. The molecule has 0 fully saturated rings. The van der Waals surface area contributed by atoms with Gasteiger partial charge in [-0.15, -0.1) is 0 Å². The Balaban J connectivity index is 1.80. The van der Waals surface area contributed by atoms with Crippen LogP contribution in [0.5, 0.6) is 5.75 Å². The fourth-order valence-corrected chi connectivity index (χ4v) is 1.77. The highest BCUT2D eigenvalue weighted by molar-refractivity contribution is 6.31. The van der Waals surface area contributed by atoms with Crippen LogP contribution in [0.3, 0.4) is 0 Å². The van der Waals surface area contributed by atoms with Crippen molar-refractivity contribution in [2.75, 3.05) is 12.3 Å². The van der Waals surface area contributed by atoms with Crippen LogP contribution in [0.1, 0.15) is 5.56 Å². The van der Waals surface area contributed by atoms with E-state index in [9.17, 15) is 9.18 Å². The number of carbonyl (C=O) groups is 1. The van der Waals surface area contributed by atoms with Crippen molar-refractivity contribution in [3.8, 4) is 5.75 Å². The van der Waals surface area contributed by atoms with Crippen LogP contribution < -0.4 is 10.5 Å². The highest BCUT2D eigenvalue weighted by Crippen LogP contribution is 2.18. The molecule has 0 aliphatic rings. The van der Waals surface area contributed by atoms with Gasteiger partial charge in [-0.1, -0.05) is 17.7 Å². The van der Waals surface area contributed by atoms with Gasteiger partial charge in [-0.05, 0) is 36.4 Å². The lowest BCUT2D eigenvalue weighted by atomic mass is 10.2. The predicted molar refractivity (Wildman–Crippen MR) is 77.6 cm³/mol. The number of benzene rings is 2. The molecule has 110 valence electrons. The van der Waals surface area contributed by atoms with Crippen molar-refractivity contribution in [1.82, 2.24) is 0 Å². The molecule has 2 N–H and O–H groups in total. The van der Waals surface area contributed by atoms with Crippen molar-refractivity contribution in [2.24, 2.45) is 0 Å². The molecule has 0 heterocycles. The standard InChI is InChI=1S/C15H13ClFNO3/c16-14-7-11(17)2-1-10(14)8-21-15(19)9-20-13-5-3-12(18)4-6-13/h1-7H,8-9,18H2. The maximum atomic E-state index is 12.9. The lowest BCUT2D eigenvalue weighted by molar-refractivity contribution is -0.147. The highest BCUT2D eigenvalue weighted by Gasteiger charge is 2.07. The van der Waals surface area contributed by atoms with Gasteiger partial charge in [0.1, 0.15) is 18.2 Å². The third-order valence-electron chi connectivity index (χ3n) is 2.64. The maximum Gasteiger partial charge on any atom is 0.344 e. The van der Waals surface area contributed by atoms with Crippen LogP contribution >= 0.6 is 11.6 Å². The Bertz CT molecular complexity index is 631. The quantitative estimate of drug-likeness (QED) is 0.680. The van der Waals surface area contributed by atoms with Crippen molar-refractivity contribution in [2.45, 2.75) is 6.61 Å². The average molecular weight is 310 g/mol. The van der Waals surface area contributed by atoms with Gasteiger partial charge in [0.05, 0.1) is 5.02 Å². The third-order valence-corrected chi connectivity index (χ3v) is 2.99. The zero-order chi connectivity index (χ0) is 15.2. The minimum Gasteiger partial charge on any atom is -0.482 e. The number of hydrogen-bond acceptors (Lipinski definition) is 4. The van der Waals surface area contributed by atoms with E-state index >= 15 is 0 Å². The number of hydrogen-bond donors (Lipinski definition) is 1. The molecule has 0 aliphatic carbocycles. The minimum absolute atomic E-state index is 0.0386. The summed E-state index contributed by atoms with van der Waals surface area (Å²) in [6.07, 6.45) is 0. The molecule has 0 bridgehead atoms. The first-order chi connectivity index (χ1) is 10.0. The number of esters is 1. The molecule has 2 aromatic carbocycles. The molecule has 2 rings (SSSR count). The van der Waals surface area contributed by atoms with E-state index in [2.05, 4.69) is 0 Å². The SMILES string of the molecule is Nc1ccc(OCC(=O)OCc2ccc(F)cc2Cl)cc1. The minimum atomic E-state index is -0.549. The molecule has 4 nitrogen and oxygen atoms in total. The smallest absolute Gasteiger partial charge is 0.344 e. The highest BCUT2D eigenvalue weighted by atomic mass is 35.5. The Hall–Kier alpha value is -2.27. The summed E-state index contributed by atoms with van der Waals surface area (Å²) in [5.41, 5.74) is 6.67. The Morgan fingerprint density at radius 2 is 1.90 bits per heavy atom. The monoisotopic (exact) mass is 309 g/mol. The number of nitrogen functional groups attached to an aromatic ring is 1. The topological polar surface area (TPSA) is 61.5 Å². The van der Waals surface area contributed by atoms with Gasteiger partial charge in [0.15, 0.2) is 6.61 Å². The van der Waals surface area contributed by atoms with Gasteiger partial charge in [0, 0.05) is 11.3 Å². The number of carbonyl (C=O) groups excluding carboxylic acids is 1. The van der Waals surface area contributed by atoms with Crippen molar-refractivity contribution < 1.29 is 18.7 Å². The number of halogens is 2. The molecule has 0 spiro atoms. The lowest BCUT2D eigenvalue weighted by Crippen LogP contribution is -2.14. The van der Waals surface area contributed by atoms with Crippen molar-refractivity contribution in [3.05, 3.63) is 58.9 Å². The Kier molecular flexibility index (Phi) is 5.00. The molecule has 6 heteroatoms. The Morgan fingerprint density at radius 1 is 1.19 bits per heavy atom. The molecular weight excluding hydrogens is 297 g/mol. The summed E-state index contributed by atoms with van der Waals surface area (Å²) in [6, 6.07) is 10.5. The summed E-state index contributed by atoms with van der Waals surface area (Å²) in [4.78, 5) is 11.5. The van der Waals surface area contributed by atoms with E-state index in [1.807, 2.05) is 0 Å². The van der Waals surface area contributed by atoms with Crippen molar-refractivity contribution >= 4 is 23.3 Å². The van der Waals surface area contributed by atoms with Gasteiger partial charge in [0.25, 0.3) is 0 Å². The van der Waals surface area contributed by atoms with Gasteiger partial charge in [-0.3, -0.25) is 0 Å². The van der Waals surface area contributed by atoms with E-state index in [1.54, 1.807) is 24.3 Å². The molecule has 0 aliphatic heterocycles. The van der Waals surface area contributed by atoms with Gasteiger partial charge in [0.2, 0.25) is 0 Å². The second-order valence-corrected chi connectivity index (χ2v) is 4.66. The molecule has 0 atom stereocenters. The Morgan fingerprint density at radius 3 is 2.57 bits per heavy atom. The predicted octanol–water partition coefficient (Wildman–Crippen LogP) is 3.18. The number of rotatable bonds is 5. The van der Waals surface area contributed by atoms with E-state index < -0.39 is 11.8 Å². The van der Waals surface area contributed by atoms with Crippen LogP contribution in [0.15, 0.2) is 42.5 Å². The summed E-state index contributed by atoms with van der Waals surface area (Å²) >= 11 is 5.83. The second-order valence-electron chi connectivity index (χ2n) is 4.25. The zero-order valence-electron chi connectivity index (χ0n) is 11.0. The van der Waals surface area contributed by atoms with Crippen LogP contribution in [0.4, 0.5) is 10.1 Å². The van der Waals surface area contributed by atoms with E-state index in [1.165, 1.54) is 12.1 Å². The summed E-state index contributed by atoms with van der Waals surface area (Å²) in [6.45, 7) is -0.272. The fraction of sp³-hybridized carbons (Fsp3) is 0.133. The first-order valence-electron chi connectivity index (χ1n) is 6.12. The molecule has 0 saturated heterocycles. The van der Waals surface area contributed by atoms with Gasteiger partial charge in [-0.2, -0.15) is 0 Å². The maximum absolute atomic E-state index is 12.9. The normalized spacial score (nSPS) is 10.2. The third kappa shape index (κ3) is 4.65. The number of anilines is 1. The second kappa shape index (κ2) is 6.95. The van der Waals surface area contributed by atoms with E-state index in [-0.39, 0.29) is 18.2 Å². The number of nitrogens with two attached hydrogens (primary N) is 1. The van der Waals surface area contributed by atoms with E-state index in [0.29, 0.717) is 17.0 Å². The van der Waals surface area contributed by atoms with Crippen LogP contribution in [0, 0.1) is 5.82 Å². The van der Waals surface area contributed by atoms with Crippen molar-refractivity contribution in [3.63, 3.8) is 0 Å². The largest absolute Gasteiger partial charge is 0.482 e. The summed E-state index contributed by atoms with van der Waals surface area (Å²) in [7, 11) is 0. The summed E-state index contributed by atoms with van der Waals surface area (Å²) in [5.74, 6) is -0.477. The molecule has 0 amide bonds. The van der Waals surface area contributed by atoms with Crippen LogP contribution in [0.2, 0.25) is 5.02 Å². The van der Waals surface area contributed by atoms with E-state index in [4.69, 9.17) is 26.8 Å². The lowest BCUT2D eigenvalue weighted by Gasteiger charge is -2.08. The van der Waals surface area contributed by atoms with Crippen LogP contribution in [0.25, 0.3) is 0 Å². The van der Waals surface area contributed by atoms with Crippen molar-refractivity contribution in [1.29, 1.82) is 0 Å². The Labute approximate surface area is 126 Å². The average Bonchev–Trinajstić information content (AvgIpc) is 2.46. The molecular formula is C15H13ClFNO3. The molecule has 0 radical (unpaired) electrons. The van der Waals surface area contributed by atoms with E-state index in [0.717, 1.165) is 6.07 Å². The zero-order valence-corrected chi connectivity index (χ0v) is 11.8. The van der Waals surface area contributed by atoms with Gasteiger partial charge < -0.3 is 15.2 Å². The first-order valence-corrected chi connectivity index (χ1v) is 6.50. The summed E-state index contributed by atoms with van der Waals surface area (Å²) < 4.78 is 23.1. The first kappa shape index (κ1) is 15.1. The molecule has 0 saturated carbocycles. The molecule has 21 heavy (non-hydrogen) atoms. The van der Waals surface area contributed by atoms with Gasteiger partial charge >= 0.3 is 5.97 Å². The molecule has 0 unspecified atom stereocenters. The van der Waals surface area contributed by atoms with Crippen LogP contribution in [-0.4, -0.2) is 12.6 Å².